The summed E-state index contributed by atoms with van der Waals surface area (Å²) in [6.07, 6.45) is 1.58. The average molecular weight is 466 g/mol. The predicted molar refractivity (Wildman–Crippen MR) is 97.8 cm³/mol. The Hall–Kier alpha value is -1.50. The first-order chi connectivity index (χ1) is 14.6. The quantitative estimate of drug-likeness (QED) is 0.188. The van der Waals surface area contributed by atoms with E-state index in [1.54, 1.807) is 0 Å². The van der Waals surface area contributed by atoms with E-state index in [1.807, 2.05) is 13.8 Å². The Labute approximate surface area is 181 Å². The zero-order valence-corrected chi connectivity index (χ0v) is 17.8. The third-order valence-electron chi connectivity index (χ3n) is 7.27. The SMILES string of the molecule is CC(C)C1(OC(=O)C2C3CC4C(OC(=O)C42)C3OC(=O)C(F)(F)SOOO)CCCC1. The molecule has 1 aliphatic heterocycles. The molecule has 0 aromatic heterocycles. The number of hydrogen-bond acceptors (Lipinski definition) is 10. The second-order valence-electron chi connectivity index (χ2n) is 8.98. The van der Waals surface area contributed by atoms with Crippen LogP contribution in [0.15, 0.2) is 0 Å². The van der Waals surface area contributed by atoms with E-state index in [1.165, 1.54) is 0 Å². The molecule has 3 aliphatic carbocycles. The molecule has 0 amide bonds. The van der Waals surface area contributed by atoms with Crippen LogP contribution in [0.2, 0.25) is 0 Å². The van der Waals surface area contributed by atoms with Gasteiger partial charge in [-0.3, -0.25) is 9.59 Å². The maximum Gasteiger partial charge on any atom is 0.415 e. The largest absolute Gasteiger partial charge is 0.459 e. The van der Waals surface area contributed by atoms with Crippen molar-refractivity contribution in [2.24, 2.45) is 29.6 Å². The molecule has 1 saturated heterocycles. The van der Waals surface area contributed by atoms with Crippen LogP contribution >= 0.6 is 12.0 Å². The maximum absolute atomic E-state index is 13.9. The summed E-state index contributed by atoms with van der Waals surface area (Å²) >= 11 is -0.738. The van der Waals surface area contributed by atoms with Gasteiger partial charge in [-0.1, -0.05) is 18.9 Å². The standard InChI is InChI=1S/C19H24F2O9S/c1-8(2)18(5-3-4-6-18)28-16(23)12-10-7-9-11(12)15(22)26-13(9)14(10)27-17(24)19(20,21)31-30-29-25/h8-14,25H,3-7H2,1-2H3. The van der Waals surface area contributed by atoms with Gasteiger partial charge in [-0.25, -0.2) is 10.1 Å². The third-order valence-corrected chi connectivity index (χ3v) is 7.78. The lowest BCUT2D eigenvalue weighted by Crippen LogP contribution is -2.48. The summed E-state index contributed by atoms with van der Waals surface area (Å²) in [4.78, 5) is 37.6. The fourth-order valence-electron chi connectivity index (χ4n) is 5.79. The van der Waals surface area contributed by atoms with E-state index in [0.717, 1.165) is 25.7 Å². The van der Waals surface area contributed by atoms with Crippen LogP contribution in [0.4, 0.5) is 8.78 Å². The van der Waals surface area contributed by atoms with Gasteiger partial charge in [0.25, 0.3) is 0 Å². The zero-order valence-electron chi connectivity index (χ0n) is 17.0. The highest BCUT2D eigenvalue weighted by Crippen LogP contribution is 2.59. The smallest absolute Gasteiger partial charge is 0.415 e. The molecule has 3 saturated carbocycles. The summed E-state index contributed by atoms with van der Waals surface area (Å²) in [7, 11) is 0. The molecule has 0 aromatic carbocycles. The van der Waals surface area contributed by atoms with Crippen molar-refractivity contribution in [2.45, 2.75) is 69.0 Å². The molecule has 1 N–H and O–H groups in total. The minimum absolute atomic E-state index is 0.0823. The molecule has 6 atom stereocenters. The fourth-order valence-corrected chi connectivity index (χ4v) is 6.02. The van der Waals surface area contributed by atoms with E-state index < -0.39 is 76.7 Å². The highest BCUT2D eigenvalue weighted by Gasteiger charge is 2.71. The van der Waals surface area contributed by atoms with Crippen molar-refractivity contribution in [3.63, 3.8) is 0 Å². The fraction of sp³-hybridized carbons (Fsp3) is 0.842. The molecule has 4 rings (SSSR count). The van der Waals surface area contributed by atoms with Gasteiger partial charge in [0.15, 0.2) is 0 Å². The van der Waals surface area contributed by atoms with Gasteiger partial charge < -0.3 is 14.2 Å². The Balaban J connectivity index is 1.52. The minimum Gasteiger partial charge on any atom is -0.459 e. The molecule has 0 aromatic rings. The summed E-state index contributed by atoms with van der Waals surface area (Å²) in [5, 5.41) is 6.94. The number of halogens is 2. The lowest BCUT2D eigenvalue weighted by molar-refractivity contribution is -0.433. The normalized spacial score (nSPS) is 35.5. The summed E-state index contributed by atoms with van der Waals surface area (Å²) in [5.41, 5.74) is -0.613. The van der Waals surface area contributed by atoms with Crippen LogP contribution in [0, 0.1) is 29.6 Å². The van der Waals surface area contributed by atoms with Crippen LogP contribution in [0.1, 0.15) is 46.0 Å². The van der Waals surface area contributed by atoms with Crippen molar-refractivity contribution < 1.29 is 52.0 Å². The predicted octanol–water partition coefficient (Wildman–Crippen LogP) is 2.88. The average Bonchev–Trinajstić information content (AvgIpc) is 3.44. The van der Waals surface area contributed by atoms with E-state index in [0.29, 0.717) is 6.42 Å². The minimum atomic E-state index is -4.19. The Bertz CT molecular complexity index is 755. The number of alkyl halides is 2. The van der Waals surface area contributed by atoms with E-state index in [2.05, 4.69) is 9.37 Å². The zero-order chi connectivity index (χ0) is 22.6. The van der Waals surface area contributed by atoms with Crippen LogP contribution in [0.3, 0.4) is 0 Å². The van der Waals surface area contributed by atoms with Crippen molar-refractivity contribution in [1.29, 1.82) is 0 Å². The van der Waals surface area contributed by atoms with E-state index in [9.17, 15) is 23.2 Å². The number of ether oxygens (including phenoxy) is 3. The molecular formula is C19H24F2O9S. The highest BCUT2D eigenvalue weighted by atomic mass is 32.2. The molecular weight excluding hydrogens is 442 g/mol. The number of carbonyl (C=O) groups is 3. The molecule has 9 nitrogen and oxygen atoms in total. The van der Waals surface area contributed by atoms with Crippen LogP contribution in [0.25, 0.3) is 0 Å². The molecule has 0 radical (unpaired) electrons. The van der Waals surface area contributed by atoms with E-state index >= 15 is 0 Å². The van der Waals surface area contributed by atoms with Crippen molar-refractivity contribution in [3.05, 3.63) is 0 Å². The molecule has 12 heteroatoms. The van der Waals surface area contributed by atoms with Crippen molar-refractivity contribution in [1.82, 2.24) is 0 Å². The number of hydrogen-bond donors (Lipinski definition) is 1. The molecule has 0 spiro atoms. The highest BCUT2D eigenvalue weighted by molar-refractivity contribution is 7.96. The molecule has 174 valence electrons. The van der Waals surface area contributed by atoms with Gasteiger partial charge in [0, 0.05) is 11.8 Å². The molecule has 4 aliphatic rings. The van der Waals surface area contributed by atoms with Crippen LogP contribution in [0.5, 0.6) is 0 Å². The topological polar surface area (TPSA) is 118 Å². The third kappa shape index (κ3) is 3.70. The monoisotopic (exact) mass is 466 g/mol. The van der Waals surface area contributed by atoms with Crippen molar-refractivity contribution in [3.8, 4) is 0 Å². The van der Waals surface area contributed by atoms with Gasteiger partial charge in [0.05, 0.1) is 11.8 Å². The van der Waals surface area contributed by atoms with Crippen molar-refractivity contribution in [2.75, 3.05) is 0 Å². The summed E-state index contributed by atoms with van der Waals surface area (Å²) in [6, 6.07) is 0. The molecule has 2 bridgehead atoms. The second-order valence-corrected chi connectivity index (χ2v) is 9.79. The van der Waals surface area contributed by atoms with Gasteiger partial charge in [-0.05, 0) is 38.0 Å². The van der Waals surface area contributed by atoms with Crippen molar-refractivity contribution >= 4 is 30.0 Å². The maximum atomic E-state index is 13.9. The second kappa shape index (κ2) is 8.13. The van der Waals surface area contributed by atoms with E-state index in [4.69, 9.17) is 19.5 Å². The van der Waals surface area contributed by atoms with Crippen LogP contribution in [-0.2, 0) is 38.0 Å². The molecule has 31 heavy (non-hydrogen) atoms. The number of rotatable bonds is 8. The first kappa shape index (κ1) is 22.7. The molecule has 1 heterocycles. The number of carbonyl (C=O) groups excluding carboxylic acids is 3. The molecule has 6 unspecified atom stereocenters. The van der Waals surface area contributed by atoms with Crippen LogP contribution in [-0.4, -0.2) is 46.2 Å². The van der Waals surface area contributed by atoms with Gasteiger partial charge in [-0.2, -0.15) is 8.78 Å². The first-order valence-electron chi connectivity index (χ1n) is 10.3. The Morgan fingerprint density at radius 2 is 1.94 bits per heavy atom. The van der Waals surface area contributed by atoms with Gasteiger partial charge in [0.1, 0.15) is 29.9 Å². The Kier molecular flexibility index (Phi) is 5.95. The summed E-state index contributed by atoms with van der Waals surface area (Å²) in [6.45, 7) is 3.95. The lowest BCUT2D eigenvalue weighted by Gasteiger charge is -2.37. The summed E-state index contributed by atoms with van der Waals surface area (Å²) in [5.74, 6) is -5.72. The number of esters is 3. The van der Waals surface area contributed by atoms with E-state index in [-0.39, 0.29) is 5.92 Å². The Morgan fingerprint density at radius 1 is 1.26 bits per heavy atom. The first-order valence-corrected chi connectivity index (χ1v) is 11.0. The summed E-state index contributed by atoms with van der Waals surface area (Å²) < 4.78 is 47.6. The lowest BCUT2D eigenvalue weighted by atomic mass is 9.78. The number of fused-ring (bicyclic) bond motifs is 1. The molecule has 4 fully saturated rings. The van der Waals surface area contributed by atoms with Gasteiger partial charge in [0.2, 0.25) is 0 Å². The van der Waals surface area contributed by atoms with Gasteiger partial charge >= 0.3 is 23.2 Å². The Morgan fingerprint density at radius 3 is 2.55 bits per heavy atom. The van der Waals surface area contributed by atoms with Crippen LogP contribution < -0.4 is 0 Å². The van der Waals surface area contributed by atoms with Gasteiger partial charge in [-0.15, -0.1) is 4.33 Å².